The van der Waals surface area contributed by atoms with Crippen LogP contribution in [0.2, 0.25) is 0 Å². The Balaban J connectivity index is 1.63. The molecule has 1 heterocycles. The van der Waals surface area contributed by atoms with E-state index < -0.39 is 5.91 Å². The summed E-state index contributed by atoms with van der Waals surface area (Å²) < 4.78 is 11.4. The number of rotatable bonds is 5. The zero-order valence-corrected chi connectivity index (χ0v) is 14.1. The summed E-state index contributed by atoms with van der Waals surface area (Å²) in [5.74, 6) is 1.20. The summed E-state index contributed by atoms with van der Waals surface area (Å²) in [6.07, 6.45) is 1.54. The summed E-state index contributed by atoms with van der Waals surface area (Å²) in [6.45, 7) is 0. The van der Waals surface area contributed by atoms with Gasteiger partial charge in [-0.1, -0.05) is 30.3 Å². The molecule has 6 heteroatoms. The number of hydrogen-bond acceptors (Lipinski definition) is 4. The number of amides is 1. The van der Waals surface area contributed by atoms with Crippen LogP contribution in [0.5, 0.6) is 11.5 Å². The van der Waals surface area contributed by atoms with E-state index in [2.05, 4.69) is 26.5 Å². The molecule has 0 atom stereocenters. The Morgan fingerprint density at radius 3 is 2.58 bits per heavy atom. The van der Waals surface area contributed by atoms with Crippen LogP contribution in [0.1, 0.15) is 16.1 Å². The molecule has 0 fully saturated rings. The van der Waals surface area contributed by atoms with Crippen molar-refractivity contribution < 1.29 is 13.9 Å². The van der Waals surface area contributed by atoms with Crippen LogP contribution in [0, 0.1) is 0 Å². The first-order chi connectivity index (χ1) is 11.7. The van der Waals surface area contributed by atoms with Crippen LogP contribution in [-0.2, 0) is 0 Å². The molecule has 1 N–H and O–H groups in total. The smallest absolute Gasteiger partial charge is 0.307 e. The summed E-state index contributed by atoms with van der Waals surface area (Å²) in [5, 5.41) is 3.92. The highest BCUT2D eigenvalue weighted by Gasteiger charge is 2.08. The number of furan rings is 1. The van der Waals surface area contributed by atoms with Gasteiger partial charge in [0.1, 0.15) is 11.5 Å². The van der Waals surface area contributed by atoms with Gasteiger partial charge in [-0.15, -0.1) is 0 Å². The molecule has 0 aliphatic rings. The van der Waals surface area contributed by atoms with E-state index >= 15 is 0 Å². The lowest BCUT2D eigenvalue weighted by Crippen LogP contribution is -2.16. The number of hydrogen-bond donors (Lipinski definition) is 1. The zero-order chi connectivity index (χ0) is 16.8. The van der Waals surface area contributed by atoms with Gasteiger partial charge in [0.05, 0.1) is 6.21 Å². The predicted molar refractivity (Wildman–Crippen MR) is 94.4 cm³/mol. The highest BCUT2D eigenvalue weighted by molar-refractivity contribution is 9.10. The van der Waals surface area contributed by atoms with E-state index in [0.29, 0.717) is 10.4 Å². The minimum atomic E-state index is -0.423. The van der Waals surface area contributed by atoms with Gasteiger partial charge in [0, 0.05) is 0 Å². The van der Waals surface area contributed by atoms with E-state index in [9.17, 15) is 4.79 Å². The van der Waals surface area contributed by atoms with E-state index in [-0.39, 0.29) is 5.76 Å². The molecule has 1 amide bonds. The molecule has 1 aromatic heterocycles. The number of nitrogens with zero attached hydrogens (tertiary/aromatic N) is 1. The maximum absolute atomic E-state index is 11.8. The fraction of sp³-hybridized carbons (Fsp3) is 0. The van der Waals surface area contributed by atoms with Gasteiger partial charge in [-0.25, -0.2) is 5.43 Å². The van der Waals surface area contributed by atoms with Crippen LogP contribution in [0.3, 0.4) is 0 Å². The molecule has 0 bridgehead atoms. The Bertz CT molecular complexity index is 859. The van der Waals surface area contributed by atoms with Crippen LogP contribution in [0.15, 0.2) is 80.9 Å². The number of ether oxygens (including phenoxy) is 1. The van der Waals surface area contributed by atoms with Gasteiger partial charge in [-0.05, 0) is 57.9 Å². The Morgan fingerprint density at radius 2 is 1.83 bits per heavy atom. The third kappa shape index (κ3) is 4.33. The highest BCUT2D eigenvalue weighted by Crippen LogP contribution is 2.21. The Kier molecular flexibility index (Phi) is 5.08. The average Bonchev–Trinajstić information content (AvgIpc) is 3.03. The first-order valence-corrected chi connectivity index (χ1v) is 7.92. The summed E-state index contributed by atoms with van der Waals surface area (Å²) in [7, 11) is 0. The van der Waals surface area contributed by atoms with Crippen molar-refractivity contribution in [2.75, 3.05) is 0 Å². The molecule has 3 aromatic rings. The molecule has 0 unspecified atom stereocenters. The number of benzene rings is 2. The lowest BCUT2D eigenvalue weighted by molar-refractivity contribution is 0.0926. The van der Waals surface area contributed by atoms with E-state index in [0.717, 1.165) is 11.3 Å². The SMILES string of the molecule is O=C(N/N=C/c1cccc(Oc2ccccc2)c1)c1ccc(Br)o1. The molecular formula is C18H13BrN2O3. The zero-order valence-electron chi connectivity index (χ0n) is 12.5. The Labute approximate surface area is 147 Å². The van der Waals surface area contributed by atoms with Gasteiger partial charge in [0.15, 0.2) is 10.4 Å². The van der Waals surface area contributed by atoms with Crippen molar-refractivity contribution in [1.29, 1.82) is 0 Å². The topological polar surface area (TPSA) is 63.8 Å². The van der Waals surface area contributed by atoms with Crippen molar-refractivity contribution >= 4 is 28.1 Å². The molecule has 5 nitrogen and oxygen atoms in total. The van der Waals surface area contributed by atoms with E-state index in [4.69, 9.17) is 9.15 Å². The summed E-state index contributed by atoms with van der Waals surface area (Å²) in [4.78, 5) is 11.8. The molecule has 3 rings (SSSR count). The quantitative estimate of drug-likeness (QED) is 0.516. The van der Waals surface area contributed by atoms with Gasteiger partial charge in [0.25, 0.3) is 0 Å². The Hall–Kier alpha value is -2.86. The fourth-order valence-electron chi connectivity index (χ4n) is 1.94. The van der Waals surface area contributed by atoms with Gasteiger partial charge in [-0.3, -0.25) is 4.79 Å². The van der Waals surface area contributed by atoms with Crippen molar-refractivity contribution in [3.63, 3.8) is 0 Å². The van der Waals surface area contributed by atoms with Crippen molar-refractivity contribution in [2.24, 2.45) is 5.10 Å². The standard InChI is InChI=1S/C18H13BrN2O3/c19-17-10-9-16(24-17)18(22)21-20-12-13-5-4-8-15(11-13)23-14-6-2-1-3-7-14/h1-12H,(H,21,22)/b20-12+. The molecule has 24 heavy (non-hydrogen) atoms. The fourth-order valence-corrected chi connectivity index (χ4v) is 2.25. The number of carbonyl (C=O) groups excluding carboxylic acids is 1. The van der Waals surface area contributed by atoms with Crippen LogP contribution >= 0.6 is 15.9 Å². The first kappa shape index (κ1) is 16.0. The number of halogens is 1. The van der Waals surface area contributed by atoms with Crippen molar-refractivity contribution in [1.82, 2.24) is 5.43 Å². The Morgan fingerprint density at radius 1 is 1.04 bits per heavy atom. The van der Waals surface area contributed by atoms with Gasteiger partial charge < -0.3 is 9.15 Å². The first-order valence-electron chi connectivity index (χ1n) is 7.12. The summed E-state index contributed by atoms with van der Waals surface area (Å²) in [6, 6.07) is 20.1. The van der Waals surface area contributed by atoms with E-state index in [1.54, 1.807) is 12.1 Å². The third-order valence-corrected chi connectivity index (χ3v) is 3.44. The maximum Gasteiger partial charge on any atom is 0.307 e. The van der Waals surface area contributed by atoms with Gasteiger partial charge in [0.2, 0.25) is 0 Å². The second kappa shape index (κ2) is 7.61. The predicted octanol–water partition coefficient (Wildman–Crippen LogP) is 4.60. The largest absolute Gasteiger partial charge is 0.457 e. The number of hydrazone groups is 1. The molecular weight excluding hydrogens is 372 g/mol. The molecule has 0 spiro atoms. The number of para-hydroxylation sites is 1. The third-order valence-electron chi connectivity index (χ3n) is 3.01. The minimum Gasteiger partial charge on any atom is -0.457 e. The van der Waals surface area contributed by atoms with Crippen LogP contribution in [-0.4, -0.2) is 12.1 Å². The van der Waals surface area contributed by atoms with Gasteiger partial charge >= 0.3 is 5.91 Å². The number of nitrogens with one attached hydrogen (secondary N) is 1. The van der Waals surface area contributed by atoms with Gasteiger partial charge in [-0.2, -0.15) is 5.10 Å². The number of carbonyl (C=O) groups is 1. The van der Waals surface area contributed by atoms with Crippen LogP contribution < -0.4 is 10.2 Å². The van der Waals surface area contributed by atoms with E-state index in [1.807, 2.05) is 54.6 Å². The van der Waals surface area contributed by atoms with Crippen molar-refractivity contribution in [3.8, 4) is 11.5 Å². The lowest BCUT2D eigenvalue weighted by atomic mass is 10.2. The molecule has 2 aromatic carbocycles. The average molecular weight is 385 g/mol. The summed E-state index contributed by atoms with van der Waals surface area (Å²) in [5.41, 5.74) is 3.20. The molecule has 0 saturated heterocycles. The van der Waals surface area contributed by atoms with Crippen molar-refractivity contribution in [3.05, 3.63) is 82.7 Å². The molecule has 0 aliphatic carbocycles. The second-order valence-corrected chi connectivity index (χ2v) is 5.57. The molecule has 0 aliphatic heterocycles. The normalized spacial score (nSPS) is 10.7. The highest BCUT2D eigenvalue weighted by atomic mass is 79.9. The molecule has 0 radical (unpaired) electrons. The lowest BCUT2D eigenvalue weighted by Gasteiger charge is -2.05. The molecule has 0 saturated carbocycles. The monoisotopic (exact) mass is 384 g/mol. The van der Waals surface area contributed by atoms with Crippen LogP contribution in [0.4, 0.5) is 0 Å². The van der Waals surface area contributed by atoms with Crippen molar-refractivity contribution in [2.45, 2.75) is 0 Å². The minimum absolute atomic E-state index is 0.181. The molecule has 120 valence electrons. The maximum atomic E-state index is 11.8. The van der Waals surface area contributed by atoms with Crippen LogP contribution in [0.25, 0.3) is 0 Å². The second-order valence-electron chi connectivity index (χ2n) is 4.79. The summed E-state index contributed by atoms with van der Waals surface area (Å²) >= 11 is 3.14. The van der Waals surface area contributed by atoms with E-state index in [1.165, 1.54) is 6.21 Å².